The van der Waals surface area contributed by atoms with Crippen LogP contribution in [0.15, 0.2) is 0 Å². The molecule has 1 saturated carbocycles. The third kappa shape index (κ3) is 2.40. The molecule has 0 radical (unpaired) electrons. The number of nitrogens with one attached hydrogen (secondary N) is 2. The third-order valence-corrected chi connectivity index (χ3v) is 5.21. The van der Waals surface area contributed by atoms with Gasteiger partial charge in [0.2, 0.25) is 0 Å². The van der Waals surface area contributed by atoms with Crippen molar-refractivity contribution in [3.63, 3.8) is 0 Å². The van der Waals surface area contributed by atoms with Crippen LogP contribution in [0.1, 0.15) is 51.6 Å². The third-order valence-electron chi connectivity index (χ3n) is 5.21. The minimum absolute atomic E-state index is 0.439. The lowest BCUT2D eigenvalue weighted by atomic mass is 9.71. The average molecular weight is 276 g/mol. The van der Waals surface area contributed by atoms with Crippen molar-refractivity contribution in [3.8, 4) is 0 Å². The first-order valence-electron chi connectivity index (χ1n) is 8.17. The van der Waals surface area contributed by atoms with E-state index in [-0.39, 0.29) is 0 Å². The largest absolute Gasteiger partial charge is 0.380 e. The van der Waals surface area contributed by atoms with Gasteiger partial charge in [0.25, 0.3) is 0 Å². The Morgan fingerprint density at radius 3 is 2.65 bits per heavy atom. The van der Waals surface area contributed by atoms with Crippen molar-refractivity contribution in [1.82, 2.24) is 9.78 Å². The minimum atomic E-state index is 0.439. The molecular weight excluding hydrogens is 248 g/mol. The van der Waals surface area contributed by atoms with Crippen LogP contribution in [0.3, 0.4) is 0 Å². The molecule has 0 saturated heterocycles. The van der Waals surface area contributed by atoms with E-state index in [1.165, 1.54) is 42.9 Å². The quantitative estimate of drug-likeness (QED) is 0.870. The van der Waals surface area contributed by atoms with E-state index in [1.54, 1.807) is 0 Å². The van der Waals surface area contributed by atoms with Crippen molar-refractivity contribution in [1.29, 1.82) is 0 Å². The fourth-order valence-electron chi connectivity index (χ4n) is 3.72. The highest BCUT2D eigenvalue weighted by Crippen LogP contribution is 2.42. The molecule has 3 rings (SSSR count). The monoisotopic (exact) mass is 276 g/mol. The zero-order valence-electron chi connectivity index (χ0n) is 13.1. The Kier molecular flexibility index (Phi) is 3.65. The van der Waals surface area contributed by atoms with E-state index in [1.807, 2.05) is 11.7 Å². The second-order valence-corrected chi connectivity index (χ2v) is 6.93. The highest BCUT2D eigenvalue weighted by Gasteiger charge is 2.36. The summed E-state index contributed by atoms with van der Waals surface area (Å²) < 4.78 is 2.01. The van der Waals surface area contributed by atoms with Gasteiger partial charge in [-0.25, -0.2) is 0 Å². The first kappa shape index (κ1) is 13.8. The van der Waals surface area contributed by atoms with Gasteiger partial charge in [-0.2, -0.15) is 5.10 Å². The molecule has 2 N–H and O–H groups in total. The molecule has 0 atom stereocenters. The zero-order valence-corrected chi connectivity index (χ0v) is 13.1. The smallest absolute Gasteiger partial charge is 0.148 e. The van der Waals surface area contributed by atoms with Gasteiger partial charge in [0, 0.05) is 25.6 Å². The lowest BCUT2D eigenvalue weighted by molar-refractivity contribution is 0.185. The van der Waals surface area contributed by atoms with E-state index < -0.39 is 0 Å². The van der Waals surface area contributed by atoms with E-state index >= 15 is 0 Å². The molecule has 1 fully saturated rings. The first-order chi connectivity index (χ1) is 9.63. The fraction of sp³-hybridized carbons (Fsp3) is 0.812. The molecule has 0 unspecified atom stereocenters. The van der Waals surface area contributed by atoms with Crippen molar-refractivity contribution >= 4 is 11.5 Å². The number of hydrogen-bond acceptors (Lipinski definition) is 3. The average Bonchev–Trinajstić information content (AvgIpc) is 2.62. The molecule has 0 aromatic carbocycles. The van der Waals surface area contributed by atoms with Gasteiger partial charge < -0.3 is 10.6 Å². The van der Waals surface area contributed by atoms with Gasteiger partial charge in [-0.15, -0.1) is 0 Å². The molecule has 112 valence electrons. The number of aromatic nitrogens is 2. The summed E-state index contributed by atoms with van der Waals surface area (Å²) in [6, 6.07) is 0. The highest BCUT2D eigenvalue weighted by molar-refractivity contribution is 5.69. The van der Waals surface area contributed by atoms with Crippen LogP contribution >= 0.6 is 0 Å². The van der Waals surface area contributed by atoms with Crippen LogP contribution in [0.2, 0.25) is 0 Å². The number of aryl methyl sites for hydroxylation is 2. The molecule has 1 aliphatic carbocycles. The van der Waals surface area contributed by atoms with Gasteiger partial charge in [0.15, 0.2) is 0 Å². The summed E-state index contributed by atoms with van der Waals surface area (Å²) in [4.78, 5) is 0. The van der Waals surface area contributed by atoms with Crippen LogP contribution in [0.5, 0.6) is 0 Å². The minimum Gasteiger partial charge on any atom is -0.380 e. The Morgan fingerprint density at radius 2 is 1.95 bits per heavy atom. The molecule has 0 bridgehead atoms. The van der Waals surface area contributed by atoms with E-state index in [0.717, 1.165) is 31.8 Å². The fourth-order valence-corrected chi connectivity index (χ4v) is 3.72. The topological polar surface area (TPSA) is 41.9 Å². The molecule has 4 heteroatoms. The van der Waals surface area contributed by atoms with Crippen molar-refractivity contribution in [3.05, 3.63) is 5.69 Å². The summed E-state index contributed by atoms with van der Waals surface area (Å²) in [5.41, 5.74) is 2.92. The summed E-state index contributed by atoms with van der Waals surface area (Å²) >= 11 is 0. The Morgan fingerprint density at radius 1 is 1.25 bits per heavy atom. The van der Waals surface area contributed by atoms with Crippen molar-refractivity contribution < 1.29 is 0 Å². The van der Waals surface area contributed by atoms with Crippen LogP contribution in [0, 0.1) is 11.3 Å². The van der Waals surface area contributed by atoms with Gasteiger partial charge in [-0.05, 0) is 25.2 Å². The Bertz CT molecular complexity index is 469. The summed E-state index contributed by atoms with van der Waals surface area (Å²) in [5.74, 6) is 2.09. The normalized spacial score (nSPS) is 29.4. The van der Waals surface area contributed by atoms with Crippen molar-refractivity contribution in [2.75, 3.05) is 23.7 Å². The Hall–Kier alpha value is -1.19. The summed E-state index contributed by atoms with van der Waals surface area (Å²) in [6.45, 7) is 6.80. The molecule has 1 aromatic heterocycles. The molecule has 20 heavy (non-hydrogen) atoms. The molecule has 1 aromatic rings. The Balaban J connectivity index is 1.79. The number of hydrogen-bond donors (Lipinski definition) is 2. The maximum Gasteiger partial charge on any atom is 0.148 e. The van der Waals surface area contributed by atoms with Gasteiger partial charge in [-0.1, -0.05) is 33.1 Å². The first-order valence-corrected chi connectivity index (χ1v) is 8.17. The molecular formula is C16H28N4. The van der Waals surface area contributed by atoms with E-state index in [9.17, 15) is 0 Å². The van der Waals surface area contributed by atoms with Gasteiger partial charge >= 0.3 is 0 Å². The lowest BCUT2D eigenvalue weighted by Gasteiger charge is -2.38. The molecule has 1 aliphatic heterocycles. The van der Waals surface area contributed by atoms with E-state index in [2.05, 4.69) is 29.6 Å². The number of rotatable bonds is 2. The van der Waals surface area contributed by atoms with Crippen LogP contribution in [0.25, 0.3) is 0 Å². The van der Waals surface area contributed by atoms with Gasteiger partial charge in [-0.3, -0.25) is 4.68 Å². The highest BCUT2D eigenvalue weighted by atomic mass is 15.3. The molecule has 1 spiro atoms. The van der Waals surface area contributed by atoms with Crippen LogP contribution in [-0.2, 0) is 13.5 Å². The van der Waals surface area contributed by atoms with E-state index in [0.29, 0.717) is 5.41 Å². The van der Waals surface area contributed by atoms with E-state index in [4.69, 9.17) is 0 Å². The second-order valence-electron chi connectivity index (χ2n) is 6.93. The summed E-state index contributed by atoms with van der Waals surface area (Å²) in [7, 11) is 2.05. The summed E-state index contributed by atoms with van der Waals surface area (Å²) in [5, 5.41) is 12.1. The standard InChI is InChI=1S/C16H28N4/c1-4-5-13-14-15(20(3)19-13)18-11-16(10-17-14)8-6-12(2)7-9-16/h12,17-18H,4-11H2,1-3H3. The van der Waals surface area contributed by atoms with Crippen LogP contribution in [0.4, 0.5) is 11.5 Å². The Labute approximate surface area is 122 Å². The predicted octanol–water partition coefficient (Wildman–Crippen LogP) is 3.41. The van der Waals surface area contributed by atoms with Crippen LogP contribution < -0.4 is 10.6 Å². The van der Waals surface area contributed by atoms with Crippen LogP contribution in [-0.4, -0.2) is 22.9 Å². The van der Waals surface area contributed by atoms with Crippen molar-refractivity contribution in [2.24, 2.45) is 18.4 Å². The van der Waals surface area contributed by atoms with Gasteiger partial charge in [0.1, 0.15) is 11.5 Å². The maximum absolute atomic E-state index is 4.66. The van der Waals surface area contributed by atoms with Crippen molar-refractivity contribution in [2.45, 2.75) is 52.4 Å². The predicted molar refractivity (Wildman–Crippen MR) is 84.2 cm³/mol. The summed E-state index contributed by atoms with van der Waals surface area (Å²) in [6.07, 6.45) is 7.65. The number of fused-ring (bicyclic) bond motifs is 1. The molecule has 2 heterocycles. The molecule has 4 nitrogen and oxygen atoms in total. The molecule has 2 aliphatic rings. The molecule has 0 amide bonds. The number of nitrogens with zero attached hydrogens (tertiary/aromatic N) is 2. The maximum atomic E-state index is 4.66. The number of anilines is 2. The lowest BCUT2D eigenvalue weighted by Crippen LogP contribution is -2.38. The second kappa shape index (κ2) is 5.30. The SMILES string of the molecule is CCCc1nn(C)c2c1NCC1(CCC(C)CC1)CN2. The zero-order chi connectivity index (χ0) is 14.2. The van der Waals surface area contributed by atoms with Gasteiger partial charge in [0.05, 0.1) is 5.69 Å².